The summed E-state index contributed by atoms with van der Waals surface area (Å²) >= 11 is 14.8. The molecule has 2 aromatic carbocycles. The van der Waals surface area contributed by atoms with Gasteiger partial charge in [0, 0.05) is 11.3 Å². The summed E-state index contributed by atoms with van der Waals surface area (Å²) in [6.07, 6.45) is -0.00888. The minimum absolute atomic E-state index is 0.00888. The highest BCUT2D eigenvalue weighted by Gasteiger charge is 2.48. The van der Waals surface area contributed by atoms with E-state index in [0.29, 0.717) is 27.0 Å². The van der Waals surface area contributed by atoms with Crippen molar-refractivity contribution in [3.63, 3.8) is 0 Å². The van der Waals surface area contributed by atoms with E-state index in [2.05, 4.69) is 10.6 Å². The van der Waals surface area contributed by atoms with Crippen molar-refractivity contribution in [2.24, 2.45) is 0 Å². The number of piperidine rings is 1. The summed E-state index contributed by atoms with van der Waals surface area (Å²) in [6.45, 7) is -0.306. The largest absolute Gasteiger partial charge is 0.394 e. The van der Waals surface area contributed by atoms with E-state index in [9.17, 15) is 19.1 Å². The molecule has 0 radical (unpaired) electrons. The number of halogens is 3. The van der Waals surface area contributed by atoms with Gasteiger partial charge in [0.25, 0.3) is 0 Å². The Kier molecular flexibility index (Phi) is 8.25. The van der Waals surface area contributed by atoms with Gasteiger partial charge in [0.15, 0.2) is 5.78 Å². The first-order valence-corrected chi connectivity index (χ1v) is 14.5. The van der Waals surface area contributed by atoms with Crippen molar-refractivity contribution in [1.29, 1.82) is 0 Å². The molecule has 4 aromatic rings. The summed E-state index contributed by atoms with van der Waals surface area (Å²) < 4.78 is 13.7. The zero-order valence-corrected chi connectivity index (χ0v) is 23.4. The molecule has 1 aliphatic heterocycles. The first-order valence-electron chi connectivity index (χ1n) is 11.9. The van der Waals surface area contributed by atoms with Crippen molar-refractivity contribution < 1.29 is 19.1 Å². The number of rotatable bonds is 8. The average molecular weight is 603 g/mol. The maximum absolute atomic E-state index is 13.7. The predicted molar refractivity (Wildman–Crippen MR) is 153 cm³/mol. The van der Waals surface area contributed by atoms with Crippen molar-refractivity contribution in [2.75, 3.05) is 11.9 Å². The molecule has 3 heterocycles. The van der Waals surface area contributed by atoms with Crippen LogP contribution in [0.5, 0.6) is 0 Å². The summed E-state index contributed by atoms with van der Waals surface area (Å²) in [5.74, 6) is -0.838. The molecule has 2 aromatic heterocycles. The Morgan fingerprint density at radius 2 is 1.95 bits per heavy atom. The summed E-state index contributed by atoms with van der Waals surface area (Å²) in [5.41, 5.74) is 0.591. The highest BCUT2D eigenvalue weighted by atomic mass is 35.5. The number of aliphatic hydroxyl groups excluding tert-OH is 1. The van der Waals surface area contributed by atoms with Gasteiger partial charge in [0.1, 0.15) is 22.4 Å². The summed E-state index contributed by atoms with van der Waals surface area (Å²) in [6, 6.07) is 17.7. The van der Waals surface area contributed by atoms with E-state index >= 15 is 0 Å². The zero-order chi connectivity index (χ0) is 27.6. The maximum atomic E-state index is 13.7. The Morgan fingerprint density at radius 3 is 2.64 bits per heavy atom. The summed E-state index contributed by atoms with van der Waals surface area (Å²) in [5, 5.41) is 19.5. The van der Waals surface area contributed by atoms with Crippen molar-refractivity contribution in [1.82, 2.24) is 10.3 Å². The van der Waals surface area contributed by atoms with Gasteiger partial charge in [-0.05, 0) is 64.4 Å². The third-order valence-corrected chi connectivity index (χ3v) is 9.18. The number of carbonyl (C=O) groups is 2. The Balaban J connectivity index is 1.46. The first-order chi connectivity index (χ1) is 18.8. The Morgan fingerprint density at radius 1 is 1.13 bits per heavy atom. The third kappa shape index (κ3) is 5.69. The molecular formula is C28H22Cl2FN3O3S2. The lowest BCUT2D eigenvalue weighted by Gasteiger charge is -2.39. The molecule has 5 rings (SSSR count). The van der Waals surface area contributed by atoms with Crippen LogP contribution in [0.15, 0.2) is 82.4 Å². The molecule has 39 heavy (non-hydrogen) atoms. The predicted octanol–water partition coefficient (Wildman–Crippen LogP) is 6.23. The molecular weight excluding hydrogens is 580 g/mol. The number of Topliss-reactive ketones (excluding diaryl/α,β-unsaturated/α-hetero) is 1. The number of carbonyl (C=O) groups excluding carboxylic acids is 2. The van der Waals surface area contributed by atoms with Gasteiger partial charge in [0.2, 0.25) is 5.91 Å². The van der Waals surface area contributed by atoms with Crippen molar-refractivity contribution in [3.05, 3.63) is 110 Å². The number of aliphatic hydroxyl groups is 1. The normalized spacial score (nSPS) is 19.9. The molecule has 0 spiro atoms. The topological polar surface area (TPSA) is 91.3 Å². The number of thioether (sulfide) groups is 1. The second-order valence-electron chi connectivity index (χ2n) is 8.94. The van der Waals surface area contributed by atoms with Crippen LogP contribution in [-0.2, 0) is 15.1 Å². The second-order valence-corrected chi connectivity index (χ2v) is 11.7. The Bertz CT molecular complexity index is 1500. The molecule has 1 aliphatic rings. The fourth-order valence-electron chi connectivity index (χ4n) is 4.49. The number of amides is 1. The smallest absolute Gasteiger partial charge is 0.242 e. The van der Waals surface area contributed by atoms with Gasteiger partial charge in [-0.3, -0.25) is 9.59 Å². The van der Waals surface area contributed by atoms with Crippen LogP contribution in [-0.4, -0.2) is 33.6 Å². The fourth-order valence-corrected chi connectivity index (χ4v) is 6.65. The van der Waals surface area contributed by atoms with Gasteiger partial charge >= 0.3 is 0 Å². The molecule has 3 atom stereocenters. The van der Waals surface area contributed by atoms with Crippen molar-refractivity contribution in [3.8, 4) is 0 Å². The summed E-state index contributed by atoms with van der Waals surface area (Å²) in [4.78, 5) is 32.4. The van der Waals surface area contributed by atoms with Gasteiger partial charge in [-0.15, -0.1) is 11.8 Å². The molecule has 0 bridgehead atoms. The lowest BCUT2D eigenvalue weighted by Crippen LogP contribution is -2.58. The number of benzene rings is 2. The van der Waals surface area contributed by atoms with Crippen LogP contribution in [0.3, 0.4) is 0 Å². The molecule has 6 nitrogen and oxygen atoms in total. The number of nitrogens with zero attached hydrogens (tertiary/aromatic N) is 1. The number of ketones is 1. The van der Waals surface area contributed by atoms with E-state index in [-0.39, 0.29) is 23.8 Å². The van der Waals surface area contributed by atoms with E-state index in [1.807, 2.05) is 16.8 Å². The molecule has 0 saturated carbocycles. The molecule has 3 N–H and O–H groups in total. The minimum atomic E-state index is -1.18. The van der Waals surface area contributed by atoms with Gasteiger partial charge in [0.05, 0.1) is 28.4 Å². The number of hydrogen-bond donors (Lipinski definition) is 3. The number of nitrogens with one attached hydrogen (secondary N) is 2. The van der Waals surface area contributed by atoms with E-state index < -0.39 is 28.6 Å². The molecule has 2 unspecified atom stereocenters. The van der Waals surface area contributed by atoms with Crippen LogP contribution in [0.25, 0.3) is 0 Å². The third-order valence-electron chi connectivity index (χ3n) is 6.44. The van der Waals surface area contributed by atoms with Gasteiger partial charge in [-0.2, -0.15) is 11.3 Å². The molecule has 1 amide bonds. The lowest BCUT2D eigenvalue weighted by atomic mass is 9.79. The Hall–Kier alpha value is -2.95. The molecule has 1 fully saturated rings. The van der Waals surface area contributed by atoms with Crippen LogP contribution >= 0.6 is 46.3 Å². The van der Waals surface area contributed by atoms with Gasteiger partial charge in [-0.25, -0.2) is 9.37 Å². The fraction of sp³-hybridized carbons (Fsp3) is 0.179. The second kappa shape index (κ2) is 11.7. The SMILES string of the molecule is O=C1CC(c2ccsc2)(c2cccc(N[C@H](CO)c3ccc(F)c(Cl)c3)n2)NC(=O)C1Sc1ccccc1Cl. The van der Waals surface area contributed by atoms with Crippen LogP contribution in [0.1, 0.15) is 29.3 Å². The van der Waals surface area contributed by atoms with Crippen LogP contribution in [0, 0.1) is 5.82 Å². The van der Waals surface area contributed by atoms with E-state index in [0.717, 1.165) is 17.3 Å². The van der Waals surface area contributed by atoms with Gasteiger partial charge < -0.3 is 15.7 Å². The highest BCUT2D eigenvalue weighted by molar-refractivity contribution is 8.01. The van der Waals surface area contributed by atoms with E-state index in [1.165, 1.54) is 29.5 Å². The monoisotopic (exact) mass is 601 g/mol. The quantitative estimate of drug-likeness (QED) is 0.207. The van der Waals surface area contributed by atoms with Crippen LogP contribution < -0.4 is 10.6 Å². The number of anilines is 1. The molecule has 11 heteroatoms. The molecule has 200 valence electrons. The average Bonchev–Trinajstić information content (AvgIpc) is 3.48. The standard InChI is InChI=1S/C28H22Cl2FN3O3S2/c29-18-4-1-2-5-23(18)39-26-22(36)13-28(34-27(26)37,17-10-11-38-15-17)24-6-3-7-25(33-24)32-21(14-35)16-8-9-20(31)19(30)12-16/h1-12,15,21,26,35H,13-14H2,(H,32,33)(H,34,37)/t21-,26?,28?/m1/s1. The van der Waals surface area contributed by atoms with Crippen LogP contribution in [0.2, 0.25) is 10.0 Å². The van der Waals surface area contributed by atoms with E-state index in [4.69, 9.17) is 28.2 Å². The number of hydrogen-bond acceptors (Lipinski definition) is 7. The zero-order valence-electron chi connectivity index (χ0n) is 20.2. The molecule has 0 aliphatic carbocycles. The number of pyridine rings is 1. The first kappa shape index (κ1) is 27.6. The molecule has 1 saturated heterocycles. The number of thiophene rings is 1. The number of aromatic nitrogens is 1. The van der Waals surface area contributed by atoms with Crippen molar-refractivity contribution >= 4 is 63.8 Å². The lowest BCUT2D eigenvalue weighted by molar-refractivity contribution is -0.133. The summed E-state index contributed by atoms with van der Waals surface area (Å²) in [7, 11) is 0. The highest BCUT2D eigenvalue weighted by Crippen LogP contribution is 2.41. The van der Waals surface area contributed by atoms with Gasteiger partial charge in [-0.1, -0.05) is 47.5 Å². The van der Waals surface area contributed by atoms with Crippen molar-refractivity contribution in [2.45, 2.75) is 28.1 Å². The van der Waals surface area contributed by atoms with E-state index in [1.54, 1.807) is 42.5 Å². The maximum Gasteiger partial charge on any atom is 0.242 e. The Labute approximate surface area is 242 Å². The minimum Gasteiger partial charge on any atom is -0.394 e. The van der Waals surface area contributed by atoms with Crippen LogP contribution in [0.4, 0.5) is 10.2 Å².